The highest BCUT2D eigenvalue weighted by Gasteiger charge is 2.21. The maximum Gasteiger partial charge on any atom is 0.105 e. The zero-order valence-electron chi connectivity index (χ0n) is 11.9. The lowest BCUT2D eigenvalue weighted by molar-refractivity contribution is 0.122. The van der Waals surface area contributed by atoms with Crippen molar-refractivity contribution in [2.24, 2.45) is 5.73 Å². The number of hydrogen-bond acceptors (Lipinski definition) is 4. The van der Waals surface area contributed by atoms with Crippen molar-refractivity contribution in [2.45, 2.75) is 6.04 Å². The highest BCUT2D eigenvalue weighted by Crippen LogP contribution is 2.21. The Morgan fingerprint density at radius 2 is 2.20 bits per heavy atom. The van der Waals surface area contributed by atoms with Crippen LogP contribution < -0.4 is 11.1 Å². The fraction of sp³-hybridized carbons (Fsp3) is 0.500. The second kappa shape index (κ2) is 6.72. The van der Waals surface area contributed by atoms with Crippen molar-refractivity contribution in [1.29, 1.82) is 0 Å². The van der Waals surface area contributed by atoms with Gasteiger partial charge < -0.3 is 16.0 Å². The quantitative estimate of drug-likeness (QED) is 0.828. The van der Waals surface area contributed by atoms with Crippen LogP contribution in [0.2, 0.25) is 5.02 Å². The van der Waals surface area contributed by atoms with E-state index >= 15 is 0 Å². The van der Waals surface area contributed by atoms with Gasteiger partial charge >= 0.3 is 0 Å². The molecule has 4 nitrogen and oxygen atoms in total. The van der Waals surface area contributed by atoms with Crippen LogP contribution in [0, 0.1) is 0 Å². The van der Waals surface area contributed by atoms with Crippen LogP contribution in [0.4, 0.5) is 5.69 Å². The van der Waals surface area contributed by atoms with E-state index in [-0.39, 0.29) is 0 Å². The van der Waals surface area contributed by atoms with Crippen LogP contribution >= 0.6 is 23.8 Å². The van der Waals surface area contributed by atoms with Gasteiger partial charge in [0.15, 0.2) is 0 Å². The molecule has 1 fully saturated rings. The Kier molecular flexibility index (Phi) is 5.21. The van der Waals surface area contributed by atoms with Crippen molar-refractivity contribution in [3.05, 3.63) is 28.8 Å². The van der Waals surface area contributed by atoms with Crippen molar-refractivity contribution in [3.8, 4) is 0 Å². The highest BCUT2D eigenvalue weighted by atomic mass is 35.5. The third kappa shape index (κ3) is 3.82. The first-order valence-electron chi connectivity index (χ1n) is 6.69. The zero-order chi connectivity index (χ0) is 14.7. The van der Waals surface area contributed by atoms with Crippen LogP contribution in [0.1, 0.15) is 5.56 Å². The Hall–Kier alpha value is -0.880. The summed E-state index contributed by atoms with van der Waals surface area (Å²) in [6.45, 7) is 4.19. The smallest absolute Gasteiger partial charge is 0.105 e. The van der Waals surface area contributed by atoms with E-state index in [4.69, 9.17) is 29.6 Å². The molecule has 0 saturated carbocycles. The molecule has 3 N–H and O–H groups in total. The standard InChI is InChI=1S/C14H21ClN4S/c1-18-5-6-19(2)11(9-18)8-17-10-3-4-12(14(16)20)13(15)7-10/h3-4,7,11,17H,5-6,8-9H2,1-2H3,(H2,16,20). The molecule has 1 aliphatic rings. The molecule has 0 spiro atoms. The van der Waals surface area contributed by atoms with E-state index in [2.05, 4.69) is 29.2 Å². The molecule has 20 heavy (non-hydrogen) atoms. The van der Waals surface area contributed by atoms with Crippen molar-refractivity contribution < 1.29 is 0 Å². The van der Waals surface area contributed by atoms with E-state index in [0.717, 1.165) is 37.4 Å². The number of nitrogens with zero attached hydrogens (tertiary/aromatic N) is 2. The number of hydrogen-bond donors (Lipinski definition) is 2. The molecule has 1 heterocycles. The average Bonchev–Trinajstić information content (AvgIpc) is 2.39. The Morgan fingerprint density at radius 3 is 2.85 bits per heavy atom. The minimum atomic E-state index is 0.329. The molecule has 0 bridgehead atoms. The van der Waals surface area contributed by atoms with Gasteiger partial charge in [0.2, 0.25) is 0 Å². The molecule has 1 saturated heterocycles. The minimum Gasteiger partial charge on any atom is -0.389 e. The number of thiocarbonyl (C=S) groups is 1. The molecule has 1 aliphatic heterocycles. The fourth-order valence-electron chi connectivity index (χ4n) is 2.38. The molecule has 0 amide bonds. The second-order valence-electron chi connectivity index (χ2n) is 5.34. The number of rotatable bonds is 4. The number of nitrogens with two attached hydrogens (primary N) is 1. The van der Waals surface area contributed by atoms with Crippen molar-refractivity contribution in [3.63, 3.8) is 0 Å². The lowest BCUT2D eigenvalue weighted by Gasteiger charge is -2.37. The normalized spacial score (nSPS) is 20.9. The van der Waals surface area contributed by atoms with Crippen LogP contribution in [0.3, 0.4) is 0 Å². The van der Waals surface area contributed by atoms with Gasteiger partial charge in [-0.25, -0.2) is 0 Å². The summed E-state index contributed by atoms with van der Waals surface area (Å²) in [6, 6.07) is 6.21. The highest BCUT2D eigenvalue weighted by molar-refractivity contribution is 7.80. The van der Waals surface area contributed by atoms with Crippen molar-refractivity contribution in [1.82, 2.24) is 9.80 Å². The number of nitrogens with one attached hydrogen (secondary N) is 1. The number of likely N-dealkylation sites (N-methyl/N-ethyl adjacent to an activating group) is 2. The molecule has 1 aromatic carbocycles. The number of piperazine rings is 1. The van der Waals surface area contributed by atoms with Gasteiger partial charge in [-0.15, -0.1) is 0 Å². The van der Waals surface area contributed by atoms with Gasteiger partial charge in [-0.1, -0.05) is 23.8 Å². The number of halogens is 1. The summed E-state index contributed by atoms with van der Waals surface area (Å²) in [5.41, 5.74) is 7.32. The molecular formula is C14H21ClN4S. The van der Waals surface area contributed by atoms with E-state index in [1.165, 1.54) is 0 Å². The first-order chi connectivity index (χ1) is 9.47. The van der Waals surface area contributed by atoms with Gasteiger partial charge in [0.1, 0.15) is 4.99 Å². The largest absolute Gasteiger partial charge is 0.389 e. The monoisotopic (exact) mass is 312 g/mol. The van der Waals surface area contributed by atoms with Gasteiger partial charge in [0.05, 0.1) is 5.02 Å². The third-order valence-corrected chi connectivity index (χ3v) is 4.29. The predicted molar refractivity (Wildman–Crippen MR) is 89.7 cm³/mol. The summed E-state index contributed by atoms with van der Waals surface area (Å²) in [6.07, 6.45) is 0. The van der Waals surface area contributed by atoms with Crippen LogP contribution in [0.15, 0.2) is 18.2 Å². The Balaban J connectivity index is 1.97. The molecular weight excluding hydrogens is 292 g/mol. The zero-order valence-corrected chi connectivity index (χ0v) is 13.5. The molecule has 2 rings (SSSR count). The van der Waals surface area contributed by atoms with Crippen LogP contribution in [0.25, 0.3) is 0 Å². The topological polar surface area (TPSA) is 44.5 Å². The van der Waals surface area contributed by atoms with E-state index in [1.807, 2.05) is 18.2 Å². The summed E-state index contributed by atoms with van der Waals surface area (Å²) in [4.78, 5) is 5.07. The number of benzene rings is 1. The lowest BCUT2D eigenvalue weighted by Crippen LogP contribution is -2.52. The molecule has 1 unspecified atom stereocenters. The summed E-state index contributed by atoms with van der Waals surface area (Å²) in [5.74, 6) is 0. The summed E-state index contributed by atoms with van der Waals surface area (Å²) < 4.78 is 0. The Morgan fingerprint density at radius 1 is 1.45 bits per heavy atom. The molecule has 0 aliphatic carbocycles. The van der Waals surface area contributed by atoms with Gasteiger partial charge in [-0.3, -0.25) is 4.90 Å². The van der Waals surface area contributed by atoms with Gasteiger partial charge in [0.25, 0.3) is 0 Å². The Bertz CT molecular complexity index is 494. The van der Waals surface area contributed by atoms with Gasteiger partial charge in [-0.2, -0.15) is 0 Å². The maximum absolute atomic E-state index is 6.17. The van der Waals surface area contributed by atoms with Crippen molar-refractivity contribution >= 4 is 34.5 Å². The SMILES string of the molecule is CN1CCN(C)C(CNc2ccc(C(N)=S)c(Cl)c2)C1. The molecule has 0 aromatic heterocycles. The predicted octanol–water partition coefficient (Wildman–Crippen LogP) is 1.63. The molecule has 0 radical (unpaired) electrons. The minimum absolute atomic E-state index is 0.329. The first-order valence-corrected chi connectivity index (χ1v) is 7.48. The van der Waals surface area contributed by atoms with Crippen molar-refractivity contribution in [2.75, 3.05) is 45.6 Å². The average molecular weight is 313 g/mol. The van der Waals surface area contributed by atoms with Crippen LogP contribution in [-0.2, 0) is 0 Å². The summed E-state index contributed by atoms with van der Waals surface area (Å²) >= 11 is 11.1. The molecule has 1 atom stereocenters. The van der Waals surface area contributed by atoms with Gasteiger partial charge in [-0.05, 0) is 32.3 Å². The fourth-order valence-corrected chi connectivity index (χ4v) is 2.90. The summed E-state index contributed by atoms with van der Waals surface area (Å²) in [5, 5.41) is 4.03. The van der Waals surface area contributed by atoms with E-state index < -0.39 is 0 Å². The third-order valence-electron chi connectivity index (χ3n) is 3.76. The first kappa shape index (κ1) is 15.5. The van der Waals surface area contributed by atoms with Crippen LogP contribution in [0.5, 0.6) is 0 Å². The maximum atomic E-state index is 6.17. The van der Waals surface area contributed by atoms with E-state index in [1.54, 1.807) is 0 Å². The molecule has 1 aromatic rings. The van der Waals surface area contributed by atoms with Crippen LogP contribution in [-0.4, -0.2) is 61.1 Å². The second-order valence-corrected chi connectivity index (χ2v) is 6.18. The van der Waals surface area contributed by atoms with Gasteiger partial charge in [0, 0.05) is 43.5 Å². The van der Waals surface area contributed by atoms with E-state index in [0.29, 0.717) is 16.1 Å². The molecule has 6 heteroatoms. The Labute approximate surface area is 130 Å². The molecule has 110 valence electrons. The lowest BCUT2D eigenvalue weighted by atomic mass is 10.1. The summed E-state index contributed by atoms with van der Waals surface area (Å²) in [7, 11) is 4.33. The van der Waals surface area contributed by atoms with E-state index in [9.17, 15) is 0 Å². The number of anilines is 1.